The molecule has 3 nitrogen and oxygen atoms in total. The largest absolute Gasteiger partial charge is 0.416 e. The summed E-state index contributed by atoms with van der Waals surface area (Å²) in [5.41, 5.74) is 0.183. The number of benzene rings is 1. The van der Waals surface area contributed by atoms with Gasteiger partial charge in [0.1, 0.15) is 0 Å². The first kappa shape index (κ1) is 17.7. The molecule has 134 valence electrons. The average Bonchev–Trinajstić information content (AvgIpc) is 2.55. The van der Waals surface area contributed by atoms with E-state index >= 15 is 0 Å². The number of aliphatic hydroxyl groups is 1. The number of alkyl halides is 3. The molecular formula is C18H24F3NO2. The van der Waals surface area contributed by atoms with Gasteiger partial charge in [0.25, 0.3) is 0 Å². The van der Waals surface area contributed by atoms with Gasteiger partial charge >= 0.3 is 6.18 Å². The highest BCUT2D eigenvalue weighted by atomic mass is 19.4. The zero-order valence-corrected chi connectivity index (χ0v) is 13.6. The molecule has 0 saturated carbocycles. The van der Waals surface area contributed by atoms with E-state index in [4.69, 9.17) is 4.74 Å². The molecule has 3 rings (SSSR count). The number of hydrogen-bond donors (Lipinski definition) is 1. The lowest BCUT2D eigenvalue weighted by Crippen LogP contribution is -2.42. The van der Waals surface area contributed by atoms with Crippen LogP contribution in [0.5, 0.6) is 0 Å². The van der Waals surface area contributed by atoms with E-state index in [1.165, 1.54) is 12.1 Å². The summed E-state index contributed by atoms with van der Waals surface area (Å²) >= 11 is 0. The van der Waals surface area contributed by atoms with Gasteiger partial charge in [0.2, 0.25) is 0 Å². The van der Waals surface area contributed by atoms with Crippen LogP contribution in [0.3, 0.4) is 0 Å². The summed E-state index contributed by atoms with van der Waals surface area (Å²) in [5, 5.41) is 9.82. The number of piperidine rings is 1. The highest BCUT2D eigenvalue weighted by molar-refractivity contribution is 5.26. The zero-order chi connectivity index (χ0) is 17.2. The summed E-state index contributed by atoms with van der Waals surface area (Å²) in [6, 6.07) is 5.34. The van der Waals surface area contributed by atoms with Crippen molar-refractivity contribution in [2.75, 3.05) is 26.2 Å². The van der Waals surface area contributed by atoms with E-state index in [9.17, 15) is 18.3 Å². The third-order valence-electron chi connectivity index (χ3n) is 4.98. The molecule has 1 aromatic carbocycles. The molecule has 0 aliphatic carbocycles. The minimum atomic E-state index is -4.31. The van der Waals surface area contributed by atoms with E-state index in [0.29, 0.717) is 13.2 Å². The lowest BCUT2D eigenvalue weighted by Gasteiger charge is -2.38. The van der Waals surface area contributed by atoms with Crippen molar-refractivity contribution in [3.05, 3.63) is 35.4 Å². The summed E-state index contributed by atoms with van der Waals surface area (Å²) in [4.78, 5) is 2.25. The van der Waals surface area contributed by atoms with Crippen LogP contribution in [0.25, 0.3) is 0 Å². The Morgan fingerprint density at radius 3 is 2.54 bits per heavy atom. The van der Waals surface area contributed by atoms with Crippen molar-refractivity contribution in [1.82, 2.24) is 4.90 Å². The lowest BCUT2D eigenvalue weighted by molar-refractivity contribution is -0.137. The Kier molecular flexibility index (Phi) is 5.47. The number of likely N-dealkylation sites (tertiary alicyclic amines) is 1. The van der Waals surface area contributed by atoms with Gasteiger partial charge in [0.15, 0.2) is 0 Å². The molecule has 1 N–H and O–H groups in total. The summed E-state index contributed by atoms with van der Waals surface area (Å²) in [5.74, 6) is 0.251. The van der Waals surface area contributed by atoms with Gasteiger partial charge in [-0.05, 0) is 49.9 Å². The smallest absolute Gasteiger partial charge is 0.392 e. The Morgan fingerprint density at radius 1 is 1.12 bits per heavy atom. The molecule has 0 spiro atoms. The summed E-state index contributed by atoms with van der Waals surface area (Å²) < 4.78 is 44.1. The first-order valence-electron chi connectivity index (χ1n) is 8.62. The number of aliphatic hydroxyl groups excluding tert-OH is 1. The third kappa shape index (κ3) is 4.29. The highest BCUT2D eigenvalue weighted by Gasteiger charge is 2.33. The fourth-order valence-corrected chi connectivity index (χ4v) is 3.79. The van der Waals surface area contributed by atoms with Crippen molar-refractivity contribution in [3.8, 4) is 0 Å². The second kappa shape index (κ2) is 7.42. The number of ether oxygens (including phenoxy) is 1. The van der Waals surface area contributed by atoms with Crippen LogP contribution in [0, 0.1) is 5.92 Å². The Morgan fingerprint density at radius 2 is 1.88 bits per heavy atom. The maximum atomic E-state index is 12.7. The molecule has 0 unspecified atom stereocenters. The van der Waals surface area contributed by atoms with E-state index in [1.807, 2.05) is 0 Å². The van der Waals surface area contributed by atoms with Crippen LogP contribution < -0.4 is 0 Å². The van der Waals surface area contributed by atoms with Gasteiger partial charge in [-0.2, -0.15) is 13.2 Å². The number of rotatable bonds is 3. The van der Waals surface area contributed by atoms with Gasteiger partial charge in [-0.3, -0.25) is 0 Å². The third-order valence-corrected chi connectivity index (χ3v) is 4.98. The van der Waals surface area contributed by atoms with Crippen molar-refractivity contribution in [1.29, 1.82) is 0 Å². The maximum Gasteiger partial charge on any atom is 0.416 e. The van der Waals surface area contributed by atoms with E-state index in [2.05, 4.69) is 4.90 Å². The second-order valence-corrected chi connectivity index (χ2v) is 6.87. The Bertz CT molecular complexity index is 532. The molecule has 0 amide bonds. The first-order valence-corrected chi connectivity index (χ1v) is 8.62. The van der Waals surface area contributed by atoms with Crippen molar-refractivity contribution in [3.63, 3.8) is 0 Å². The monoisotopic (exact) mass is 343 g/mol. The average molecular weight is 343 g/mol. The van der Waals surface area contributed by atoms with Crippen LogP contribution in [0.2, 0.25) is 0 Å². The van der Waals surface area contributed by atoms with Gasteiger partial charge in [-0.15, -0.1) is 0 Å². The number of hydrogen-bond acceptors (Lipinski definition) is 3. The quantitative estimate of drug-likeness (QED) is 0.910. The van der Waals surface area contributed by atoms with E-state index in [-0.39, 0.29) is 18.1 Å². The minimum absolute atomic E-state index is 0.167. The second-order valence-electron chi connectivity index (χ2n) is 6.87. The normalized spacial score (nSPS) is 29.6. The summed E-state index contributed by atoms with van der Waals surface area (Å²) in [6.07, 6.45) is -0.946. The summed E-state index contributed by atoms with van der Waals surface area (Å²) in [6.45, 7) is 3.11. The lowest BCUT2D eigenvalue weighted by atomic mass is 9.88. The fraction of sp³-hybridized carbons (Fsp3) is 0.667. The SMILES string of the molecule is O[C@H]1CCCN(C[C@@H]2CCCO[C@H]2c2ccc(C(F)(F)F)cc2)C1. The van der Waals surface area contributed by atoms with Gasteiger partial charge in [-0.1, -0.05) is 12.1 Å². The molecule has 2 heterocycles. The van der Waals surface area contributed by atoms with E-state index in [1.54, 1.807) is 0 Å². The van der Waals surface area contributed by atoms with Crippen LogP contribution in [0.15, 0.2) is 24.3 Å². The number of β-amino-alcohol motifs (C(OH)–C–C–N with tert-alkyl or cyclic N) is 1. The maximum absolute atomic E-state index is 12.7. The first-order chi connectivity index (χ1) is 11.4. The molecule has 3 atom stereocenters. The van der Waals surface area contributed by atoms with Gasteiger partial charge in [-0.25, -0.2) is 0 Å². The van der Waals surface area contributed by atoms with Crippen molar-refractivity contribution in [2.45, 2.75) is 44.1 Å². The molecule has 0 aromatic heterocycles. The molecule has 0 bridgehead atoms. The molecule has 0 radical (unpaired) electrons. The minimum Gasteiger partial charge on any atom is -0.392 e. The van der Waals surface area contributed by atoms with Gasteiger partial charge in [0, 0.05) is 25.6 Å². The van der Waals surface area contributed by atoms with Crippen LogP contribution in [-0.4, -0.2) is 42.4 Å². The Balaban J connectivity index is 1.69. The Labute approximate surface area is 140 Å². The molecule has 1 aromatic rings. The standard InChI is InChI=1S/C18H24F3NO2/c19-18(20,21)15-7-5-13(6-8-15)17-14(3-2-10-24-17)11-22-9-1-4-16(23)12-22/h5-8,14,16-17,23H,1-4,9-12H2/t14-,16-,17-/m0/s1. The van der Waals surface area contributed by atoms with Crippen LogP contribution >= 0.6 is 0 Å². The fourth-order valence-electron chi connectivity index (χ4n) is 3.79. The predicted octanol–water partition coefficient (Wildman–Crippen LogP) is 3.63. The molecule has 24 heavy (non-hydrogen) atoms. The topological polar surface area (TPSA) is 32.7 Å². The van der Waals surface area contributed by atoms with Crippen LogP contribution in [0.4, 0.5) is 13.2 Å². The Hall–Kier alpha value is -1.11. The molecule has 2 aliphatic rings. The molecule has 2 saturated heterocycles. The van der Waals surface area contributed by atoms with Gasteiger partial charge < -0.3 is 14.7 Å². The molecule has 2 aliphatic heterocycles. The van der Waals surface area contributed by atoms with Crippen molar-refractivity contribution < 1.29 is 23.0 Å². The van der Waals surface area contributed by atoms with Crippen LogP contribution in [-0.2, 0) is 10.9 Å². The number of nitrogens with zero attached hydrogens (tertiary/aromatic N) is 1. The zero-order valence-electron chi connectivity index (χ0n) is 13.6. The summed E-state index contributed by atoms with van der Waals surface area (Å²) in [7, 11) is 0. The van der Waals surface area contributed by atoms with Crippen molar-refractivity contribution in [2.24, 2.45) is 5.92 Å². The molecule has 2 fully saturated rings. The molecule has 6 heteroatoms. The van der Waals surface area contributed by atoms with E-state index in [0.717, 1.165) is 56.5 Å². The van der Waals surface area contributed by atoms with E-state index < -0.39 is 11.7 Å². The molecular weight excluding hydrogens is 319 g/mol. The predicted molar refractivity (Wildman–Crippen MR) is 84.5 cm³/mol. The van der Waals surface area contributed by atoms with Crippen molar-refractivity contribution >= 4 is 0 Å². The van der Waals surface area contributed by atoms with Crippen LogP contribution in [0.1, 0.15) is 42.9 Å². The van der Waals surface area contributed by atoms with Gasteiger partial charge in [0.05, 0.1) is 17.8 Å². The number of halogens is 3. The highest BCUT2D eigenvalue weighted by Crippen LogP contribution is 2.36.